The molecule has 5 heteroatoms. The lowest BCUT2D eigenvalue weighted by Crippen LogP contribution is -2.07. The van der Waals surface area contributed by atoms with Gasteiger partial charge in [0.15, 0.2) is 0 Å². The van der Waals surface area contributed by atoms with Crippen molar-refractivity contribution >= 4 is 28.3 Å². The third-order valence-corrected chi connectivity index (χ3v) is 4.36. The first-order chi connectivity index (χ1) is 9.26. The Morgan fingerprint density at radius 2 is 2.21 bits per heavy atom. The Hall–Kier alpha value is -1.88. The van der Waals surface area contributed by atoms with Crippen molar-refractivity contribution in [3.63, 3.8) is 0 Å². The number of nitrogens with one attached hydrogen (secondary N) is 2. The lowest BCUT2D eigenvalue weighted by molar-refractivity contribution is 0.855. The van der Waals surface area contributed by atoms with E-state index in [4.69, 9.17) is 0 Å². The summed E-state index contributed by atoms with van der Waals surface area (Å²) >= 11 is 1.75. The third-order valence-electron chi connectivity index (χ3n) is 3.03. The fourth-order valence-corrected chi connectivity index (χ4v) is 2.83. The van der Waals surface area contributed by atoms with Gasteiger partial charge in [-0.1, -0.05) is 19.1 Å². The normalized spacial score (nSPS) is 12.7. The molecule has 2 aromatic heterocycles. The molecule has 0 aliphatic heterocycles. The first-order valence-electron chi connectivity index (χ1n) is 6.42. The Morgan fingerprint density at radius 1 is 1.37 bits per heavy atom. The highest BCUT2D eigenvalue weighted by Gasteiger charge is 2.11. The van der Waals surface area contributed by atoms with Crippen LogP contribution in [0.3, 0.4) is 0 Å². The Balaban J connectivity index is 1.80. The smallest absolute Gasteiger partial charge is 0.201 e. The van der Waals surface area contributed by atoms with E-state index in [1.807, 2.05) is 30.5 Å². The highest BCUT2D eigenvalue weighted by Crippen LogP contribution is 2.24. The second kappa shape index (κ2) is 5.01. The summed E-state index contributed by atoms with van der Waals surface area (Å²) < 4.78 is 0. The van der Waals surface area contributed by atoms with Crippen LogP contribution in [0.5, 0.6) is 0 Å². The monoisotopic (exact) mass is 272 g/mol. The van der Waals surface area contributed by atoms with Crippen LogP contribution in [0.25, 0.3) is 11.0 Å². The van der Waals surface area contributed by atoms with Gasteiger partial charge in [-0.2, -0.15) is 0 Å². The molecule has 3 rings (SSSR count). The number of nitrogens with zero attached hydrogens (tertiary/aromatic N) is 2. The van der Waals surface area contributed by atoms with E-state index in [0.717, 1.165) is 28.4 Å². The molecule has 2 heterocycles. The number of thiazole rings is 1. The van der Waals surface area contributed by atoms with Gasteiger partial charge in [-0.25, -0.2) is 9.97 Å². The molecule has 3 aromatic rings. The molecule has 1 atom stereocenters. The van der Waals surface area contributed by atoms with Gasteiger partial charge < -0.3 is 10.3 Å². The maximum absolute atomic E-state index is 4.52. The third kappa shape index (κ3) is 2.46. The Labute approximate surface area is 115 Å². The zero-order valence-corrected chi connectivity index (χ0v) is 11.8. The summed E-state index contributed by atoms with van der Waals surface area (Å²) in [5, 5.41) is 4.46. The molecule has 0 radical (unpaired) electrons. The number of anilines is 1. The molecule has 4 nitrogen and oxygen atoms in total. The zero-order valence-electron chi connectivity index (χ0n) is 11.0. The van der Waals surface area contributed by atoms with Crippen molar-refractivity contribution < 1.29 is 0 Å². The van der Waals surface area contributed by atoms with Crippen molar-refractivity contribution in [2.45, 2.75) is 26.3 Å². The van der Waals surface area contributed by atoms with Crippen LogP contribution in [0.15, 0.2) is 30.5 Å². The number of H-pyrrole nitrogens is 1. The highest BCUT2D eigenvalue weighted by atomic mass is 32.1. The van der Waals surface area contributed by atoms with E-state index in [0.29, 0.717) is 0 Å². The summed E-state index contributed by atoms with van der Waals surface area (Å²) in [5.74, 6) is 0.793. The van der Waals surface area contributed by atoms with Crippen molar-refractivity contribution in [3.8, 4) is 0 Å². The minimum Gasteiger partial charge on any atom is -0.347 e. The predicted molar refractivity (Wildman–Crippen MR) is 79.6 cm³/mol. The van der Waals surface area contributed by atoms with Crippen LogP contribution >= 0.6 is 11.3 Å². The Morgan fingerprint density at radius 3 is 2.95 bits per heavy atom. The van der Waals surface area contributed by atoms with E-state index in [-0.39, 0.29) is 6.04 Å². The molecule has 98 valence electrons. The minimum atomic E-state index is 0.158. The van der Waals surface area contributed by atoms with Crippen molar-refractivity contribution in [2.24, 2.45) is 0 Å². The number of aromatic nitrogens is 3. The predicted octanol–water partition coefficient (Wildman–Crippen LogP) is 3.75. The number of fused-ring (bicyclic) bond motifs is 1. The van der Waals surface area contributed by atoms with E-state index in [1.54, 1.807) is 11.3 Å². The lowest BCUT2D eigenvalue weighted by atomic mass is 10.3. The van der Waals surface area contributed by atoms with Gasteiger partial charge in [0, 0.05) is 11.1 Å². The molecule has 2 N–H and O–H groups in total. The van der Waals surface area contributed by atoms with Crippen LogP contribution in [-0.2, 0) is 6.42 Å². The number of hydrogen-bond acceptors (Lipinski definition) is 4. The number of hydrogen-bond donors (Lipinski definition) is 2. The molecule has 0 amide bonds. The van der Waals surface area contributed by atoms with Crippen molar-refractivity contribution in [1.82, 2.24) is 15.0 Å². The van der Waals surface area contributed by atoms with Gasteiger partial charge in [-0.05, 0) is 25.5 Å². The largest absolute Gasteiger partial charge is 0.347 e. The molecule has 0 aliphatic rings. The molecule has 0 fully saturated rings. The Bertz CT molecular complexity index is 652. The van der Waals surface area contributed by atoms with Crippen LogP contribution in [-0.4, -0.2) is 15.0 Å². The number of benzene rings is 1. The average Bonchev–Trinajstić information content (AvgIpc) is 3.04. The standard InChI is InChI=1S/C14H16N4S/c1-3-10-8-15-13(19-10)9(2)16-14-17-11-6-4-5-7-12(11)18-14/h4-9H,3H2,1-2H3,(H2,16,17,18). The molecule has 0 bridgehead atoms. The van der Waals surface area contributed by atoms with Gasteiger partial charge in [0.05, 0.1) is 17.1 Å². The molecule has 0 saturated carbocycles. The van der Waals surface area contributed by atoms with Gasteiger partial charge in [-0.3, -0.25) is 0 Å². The molecular weight excluding hydrogens is 256 g/mol. The summed E-state index contributed by atoms with van der Waals surface area (Å²) in [6.45, 7) is 4.25. The number of imidazole rings is 1. The molecule has 0 spiro atoms. The quantitative estimate of drug-likeness (QED) is 0.760. The highest BCUT2D eigenvalue weighted by molar-refractivity contribution is 7.11. The minimum absolute atomic E-state index is 0.158. The summed E-state index contributed by atoms with van der Waals surface area (Å²) in [6.07, 6.45) is 2.99. The average molecular weight is 272 g/mol. The second-order valence-electron chi connectivity index (χ2n) is 4.49. The summed E-state index contributed by atoms with van der Waals surface area (Å²) in [6, 6.07) is 8.18. The van der Waals surface area contributed by atoms with E-state index < -0.39 is 0 Å². The van der Waals surface area contributed by atoms with Crippen molar-refractivity contribution in [3.05, 3.63) is 40.3 Å². The van der Waals surface area contributed by atoms with Crippen molar-refractivity contribution in [2.75, 3.05) is 5.32 Å². The SMILES string of the molecule is CCc1cnc(C(C)Nc2nc3ccccc3[nH]2)s1. The van der Waals surface area contributed by atoms with Gasteiger partial charge in [0.2, 0.25) is 5.95 Å². The van der Waals surface area contributed by atoms with E-state index in [2.05, 4.69) is 34.1 Å². The Kier molecular flexibility index (Phi) is 3.21. The first-order valence-corrected chi connectivity index (χ1v) is 7.24. The number of rotatable bonds is 4. The molecule has 1 unspecified atom stereocenters. The second-order valence-corrected chi connectivity index (χ2v) is 5.63. The molecule has 1 aromatic carbocycles. The summed E-state index contributed by atoms with van der Waals surface area (Å²) in [7, 11) is 0. The van der Waals surface area contributed by atoms with Gasteiger partial charge in [0.25, 0.3) is 0 Å². The molecule has 19 heavy (non-hydrogen) atoms. The zero-order chi connectivity index (χ0) is 13.2. The van der Waals surface area contributed by atoms with E-state index in [9.17, 15) is 0 Å². The number of aryl methyl sites for hydroxylation is 1. The molecule has 0 aliphatic carbocycles. The molecular formula is C14H16N4S. The van der Waals surface area contributed by atoms with E-state index in [1.165, 1.54) is 4.88 Å². The van der Waals surface area contributed by atoms with Crippen LogP contribution in [0.1, 0.15) is 29.8 Å². The summed E-state index contributed by atoms with van der Waals surface area (Å²) in [5.41, 5.74) is 2.02. The molecule has 0 saturated heterocycles. The van der Waals surface area contributed by atoms with Gasteiger partial charge >= 0.3 is 0 Å². The first kappa shape index (κ1) is 12.2. The fraction of sp³-hybridized carbons (Fsp3) is 0.286. The topological polar surface area (TPSA) is 53.6 Å². The van der Waals surface area contributed by atoms with Gasteiger partial charge in [0.1, 0.15) is 5.01 Å². The van der Waals surface area contributed by atoms with Crippen LogP contribution < -0.4 is 5.32 Å². The lowest BCUT2D eigenvalue weighted by Gasteiger charge is -2.09. The number of aromatic amines is 1. The maximum Gasteiger partial charge on any atom is 0.201 e. The van der Waals surface area contributed by atoms with Crippen LogP contribution in [0.2, 0.25) is 0 Å². The fourth-order valence-electron chi connectivity index (χ4n) is 1.97. The summed E-state index contributed by atoms with van der Waals surface area (Å²) in [4.78, 5) is 13.6. The van der Waals surface area contributed by atoms with Crippen LogP contribution in [0, 0.1) is 0 Å². The number of para-hydroxylation sites is 2. The van der Waals surface area contributed by atoms with E-state index >= 15 is 0 Å². The van der Waals surface area contributed by atoms with Crippen molar-refractivity contribution in [1.29, 1.82) is 0 Å². The maximum atomic E-state index is 4.52. The van der Waals surface area contributed by atoms with Gasteiger partial charge in [-0.15, -0.1) is 11.3 Å². The van der Waals surface area contributed by atoms with Crippen LogP contribution in [0.4, 0.5) is 5.95 Å².